The molecule has 142 valence electrons. The van der Waals surface area contributed by atoms with E-state index in [0.717, 1.165) is 32.1 Å². The van der Waals surface area contributed by atoms with Gasteiger partial charge in [0.1, 0.15) is 5.54 Å². The Hall–Kier alpha value is -2.90. The molecule has 1 aromatic carbocycles. The van der Waals surface area contributed by atoms with Crippen molar-refractivity contribution < 1.29 is 14.1 Å². The van der Waals surface area contributed by atoms with Gasteiger partial charge in [0.2, 0.25) is 5.89 Å². The molecule has 27 heavy (non-hydrogen) atoms. The number of hydrogen-bond acceptors (Lipinski definition) is 5. The molecule has 2 fully saturated rings. The van der Waals surface area contributed by atoms with E-state index in [9.17, 15) is 9.59 Å². The monoisotopic (exact) mass is 369 g/mol. The second-order valence-electron chi connectivity index (χ2n) is 7.17. The molecular weight excluding hydrogens is 346 g/mol. The highest BCUT2D eigenvalue weighted by Crippen LogP contribution is 2.36. The first-order chi connectivity index (χ1) is 13.1. The van der Waals surface area contributed by atoms with E-state index in [1.54, 1.807) is 30.0 Å². The molecule has 1 aliphatic heterocycles. The number of rotatable bonds is 4. The third-order valence-corrected chi connectivity index (χ3v) is 5.29. The van der Waals surface area contributed by atoms with Crippen molar-refractivity contribution in [2.24, 2.45) is 0 Å². The number of aromatic nitrogens is 2. The van der Waals surface area contributed by atoms with Gasteiger partial charge in [-0.25, -0.2) is 4.79 Å². The zero-order valence-corrected chi connectivity index (χ0v) is 15.3. The van der Waals surface area contributed by atoms with E-state index in [1.807, 2.05) is 6.07 Å². The van der Waals surface area contributed by atoms with Crippen LogP contribution in [0.15, 0.2) is 28.8 Å². The zero-order valence-electron chi connectivity index (χ0n) is 15.3. The molecule has 2 aromatic rings. The summed E-state index contributed by atoms with van der Waals surface area (Å²) < 4.78 is 5.16. The van der Waals surface area contributed by atoms with Crippen LogP contribution in [0.4, 0.5) is 10.5 Å². The molecule has 1 aromatic heterocycles. The van der Waals surface area contributed by atoms with Crippen LogP contribution in [0.3, 0.4) is 0 Å². The summed E-state index contributed by atoms with van der Waals surface area (Å²) in [5.74, 6) is 0.843. The van der Waals surface area contributed by atoms with Gasteiger partial charge in [0.05, 0.1) is 0 Å². The smallest absolute Gasteiger partial charge is 0.321 e. The number of benzene rings is 1. The van der Waals surface area contributed by atoms with E-state index in [-0.39, 0.29) is 11.9 Å². The Kier molecular flexibility index (Phi) is 4.55. The number of aryl methyl sites for hydroxylation is 1. The summed E-state index contributed by atoms with van der Waals surface area (Å²) in [5, 5.41) is 10.0. The van der Waals surface area contributed by atoms with Gasteiger partial charge in [0.25, 0.3) is 5.91 Å². The van der Waals surface area contributed by atoms with Gasteiger partial charge in [0.15, 0.2) is 5.82 Å². The first-order valence-electron chi connectivity index (χ1n) is 9.36. The SMILES string of the molecule is Cc1nc(C2(NC(=O)c3cccc(N4CCNC4=O)c3)CCCCC2)no1. The Balaban J connectivity index is 1.59. The number of anilines is 1. The standard InChI is InChI=1S/C19H23N5O3/c1-13-21-17(23-27-13)19(8-3-2-4-9-19)22-16(25)14-6-5-7-15(12-14)24-11-10-20-18(24)26/h5-7,12H,2-4,8-11H2,1H3,(H,20,26)(H,22,25). The second-order valence-corrected chi connectivity index (χ2v) is 7.17. The Bertz CT molecular complexity index is 857. The lowest BCUT2D eigenvalue weighted by molar-refractivity contribution is 0.0855. The maximum Gasteiger partial charge on any atom is 0.321 e. The van der Waals surface area contributed by atoms with Crippen LogP contribution >= 0.6 is 0 Å². The van der Waals surface area contributed by atoms with Crippen molar-refractivity contribution in [2.45, 2.75) is 44.6 Å². The Morgan fingerprint density at radius 3 is 2.78 bits per heavy atom. The molecule has 1 saturated carbocycles. The van der Waals surface area contributed by atoms with Crippen LogP contribution in [0.1, 0.15) is 54.2 Å². The fraction of sp³-hybridized carbons (Fsp3) is 0.474. The lowest BCUT2D eigenvalue weighted by Crippen LogP contribution is -2.48. The summed E-state index contributed by atoms with van der Waals surface area (Å²) in [5.41, 5.74) is 0.622. The minimum Gasteiger partial charge on any atom is -0.340 e. The molecule has 2 aliphatic rings. The van der Waals surface area contributed by atoms with Crippen molar-refractivity contribution in [3.05, 3.63) is 41.5 Å². The summed E-state index contributed by atoms with van der Waals surface area (Å²) >= 11 is 0. The Labute approximate surface area is 157 Å². The number of amides is 3. The van der Waals surface area contributed by atoms with Crippen LogP contribution in [-0.4, -0.2) is 35.2 Å². The number of hydrogen-bond donors (Lipinski definition) is 2. The highest BCUT2D eigenvalue weighted by Gasteiger charge is 2.40. The Morgan fingerprint density at radius 2 is 2.11 bits per heavy atom. The summed E-state index contributed by atoms with van der Waals surface area (Å²) in [6.45, 7) is 2.95. The van der Waals surface area contributed by atoms with Crippen molar-refractivity contribution in [1.29, 1.82) is 0 Å². The van der Waals surface area contributed by atoms with Crippen LogP contribution in [0.2, 0.25) is 0 Å². The number of urea groups is 1. The summed E-state index contributed by atoms with van der Waals surface area (Å²) in [4.78, 5) is 31.0. The largest absolute Gasteiger partial charge is 0.340 e. The molecule has 1 aliphatic carbocycles. The molecule has 1 saturated heterocycles. The molecule has 4 rings (SSSR count). The van der Waals surface area contributed by atoms with Gasteiger partial charge in [-0.1, -0.05) is 30.5 Å². The molecule has 0 spiro atoms. The van der Waals surface area contributed by atoms with Crippen molar-refractivity contribution in [3.63, 3.8) is 0 Å². The van der Waals surface area contributed by atoms with Gasteiger partial charge in [-0.3, -0.25) is 9.69 Å². The molecule has 8 nitrogen and oxygen atoms in total. The van der Waals surface area contributed by atoms with Gasteiger partial charge in [-0.05, 0) is 31.0 Å². The molecule has 2 N–H and O–H groups in total. The zero-order chi connectivity index (χ0) is 18.9. The van der Waals surface area contributed by atoms with E-state index < -0.39 is 5.54 Å². The molecule has 0 unspecified atom stereocenters. The first-order valence-corrected chi connectivity index (χ1v) is 9.36. The fourth-order valence-electron chi connectivity index (χ4n) is 3.88. The van der Waals surface area contributed by atoms with Gasteiger partial charge >= 0.3 is 6.03 Å². The highest BCUT2D eigenvalue weighted by atomic mass is 16.5. The molecular formula is C19H23N5O3. The molecule has 3 amide bonds. The normalized spacial score (nSPS) is 19.0. The average molecular weight is 369 g/mol. The van der Waals surface area contributed by atoms with Crippen molar-refractivity contribution in [2.75, 3.05) is 18.0 Å². The van der Waals surface area contributed by atoms with E-state index in [0.29, 0.717) is 36.1 Å². The van der Waals surface area contributed by atoms with Crippen LogP contribution < -0.4 is 15.5 Å². The lowest BCUT2D eigenvalue weighted by Gasteiger charge is -2.35. The molecule has 0 radical (unpaired) electrons. The van der Waals surface area contributed by atoms with Crippen molar-refractivity contribution >= 4 is 17.6 Å². The van der Waals surface area contributed by atoms with Crippen LogP contribution in [0.5, 0.6) is 0 Å². The van der Waals surface area contributed by atoms with E-state index in [2.05, 4.69) is 20.8 Å². The Morgan fingerprint density at radius 1 is 1.30 bits per heavy atom. The first kappa shape index (κ1) is 17.5. The number of nitrogens with one attached hydrogen (secondary N) is 2. The van der Waals surface area contributed by atoms with Crippen LogP contribution in [0.25, 0.3) is 0 Å². The van der Waals surface area contributed by atoms with Crippen LogP contribution in [0, 0.1) is 6.92 Å². The summed E-state index contributed by atoms with van der Waals surface area (Å²) in [6, 6.07) is 6.99. The maximum absolute atomic E-state index is 13.0. The number of carbonyl (C=O) groups is 2. The fourth-order valence-corrected chi connectivity index (χ4v) is 3.88. The van der Waals surface area contributed by atoms with Gasteiger partial charge < -0.3 is 15.2 Å². The van der Waals surface area contributed by atoms with Gasteiger partial charge in [0, 0.05) is 31.3 Å². The molecule has 2 heterocycles. The van der Waals surface area contributed by atoms with E-state index in [1.165, 1.54) is 0 Å². The molecule has 0 bridgehead atoms. The van der Waals surface area contributed by atoms with E-state index in [4.69, 9.17) is 4.52 Å². The van der Waals surface area contributed by atoms with Crippen molar-refractivity contribution in [1.82, 2.24) is 20.8 Å². The maximum atomic E-state index is 13.0. The third-order valence-electron chi connectivity index (χ3n) is 5.29. The van der Waals surface area contributed by atoms with Gasteiger partial charge in [-0.15, -0.1) is 0 Å². The van der Waals surface area contributed by atoms with E-state index >= 15 is 0 Å². The van der Waals surface area contributed by atoms with Crippen LogP contribution in [-0.2, 0) is 5.54 Å². The minimum absolute atomic E-state index is 0.140. The third kappa shape index (κ3) is 3.39. The average Bonchev–Trinajstić information content (AvgIpc) is 3.31. The number of carbonyl (C=O) groups excluding carboxylic acids is 2. The quantitative estimate of drug-likeness (QED) is 0.862. The summed E-state index contributed by atoms with van der Waals surface area (Å²) in [6.07, 6.45) is 4.70. The van der Waals surface area contributed by atoms with Crippen molar-refractivity contribution in [3.8, 4) is 0 Å². The minimum atomic E-state index is -0.603. The predicted molar refractivity (Wildman–Crippen MR) is 98.5 cm³/mol. The highest BCUT2D eigenvalue weighted by molar-refractivity contribution is 5.98. The lowest BCUT2D eigenvalue weighted by atomic mass is 9.80. The summed E-state index contributed by atoms with van der Waals surface area (Å²) in [7, 11) is 0. The second kappa shape index (κ2) is 7.02. The topological polar surface area (TPSA) is 100 Å². The predicted octanol–water partition coefficient (Wildman–Crippen LogP) is 2.50. The molecule has 8 heteroatoms. The number of nitrogens with zero attached hydrogens (tertiary/aromatic N) is 3. The molecule has 0 atom stereocenters. The van der Waals surface area contributed by atoms with Gasteiger partial charge in [-0.2, -0.15) is 4.98 Å².